The Morgan fingerprint density at radius 2 is 1.66 bits per heavy atom. The van der Waals surface area contributed by atoms with Crippen molar-refractivity contribution in [2.45, 2.75) is 46.5 Å². The molecule has 0 aliphatic heterocycles. The predicted molar refractivity (Wildman–Crippen MR) is 143 cm³/mol. The van der Waals surface area contributed by atoms with Gasteiger partial charge in [0.1, 0.15) is 5.69 Å². The molecule has 1 atom stereocenters. The second-order valence-corrected chi connectivity index (χ2v) is 8.70. The largest absolute Gasteiger partial charge is 0.320 e. The summed E-state index contributed by atoms with van der Waals surface area (Å²) in [7, 11) is 0. The Morgan fingerprint density at radius 3 is 2.21 bits per heavy atom. The van der Waals surface area contributed by atoms with Crippen LogP contribution < -0.4 is 10.7 Å². The summed E-state index contributed by atoms with van der Waals surface area (Å²) in [5, 5.41) is 29.3. The van der Waals surface area contributed by atoms with E-state index >= 15 is 0 Å². The summed E-state index contributed by atoms with van der Waals surface area (Å²) in [6, 6.07) is 6.07. The zero-order chi connectivity index (χ0) is 28.1. The van der Waals surface area contributed by atoms with E-state index in [1.165, 1.54) is 24.5 Å². The number of nitrogens with zero attached hydrogens (tertiary/aromatic N) is 5. The zero-order valence-corrected chi connectivity index (χ0v) is 21.8. The van der Waals surface area contributed by atoms with Crippen molar-refractivity contribution in [3.05, 3.63) is 68.5 Å². The van der Waals surface area contributed by atoms with Gasteiger partial charge in [-0.05, 0) is 51.1 Å². The van der Waals surface area contributed by atoms with Gasteiger partial charge in [0, 0.05) is 36.3 Å². The minimum atomic E-state index is -0.865. The number of benzene rings is 1. The zero-order valence-electron chi connectivity index (χ0n) is 21.8. The van der Waals surface area contributed by atoms with E-state index in [4.69, 9.17) is 0 Å². The van der Waals surface area contributed by atoms with Crippen LogP contribution in [0.3, 0.4) is 0 Å². The number of aromatic nitrogens is 1. The third-order valence-corrected chi connectivity index (χ3v) is 5.84. The number of nitro benzene ring substituents is 2. The molecule has 0 saturated heterocycles. The molecule has 2 amide bonds. The Balaban J connectivity index is 2.35. The summed E-state index contributed by atoms with van der Waals surface area (Å²) in [5.74, 6) is -1.93. The number of carbonyl (C=O) groups is 2. The molecule has 38 heavy (non-hydrogen) atoms. The molecular weight excluding hydrogens is 494 g/mol. The van der Waals surface area contributed by atoms with Crippen molar-refractivity contribution in [1.82, 2.24) is 15.3 Å². The van der Waals surface area contributed by atoms with Crippen LogP contribution in [0.25, 0.3) is 0 Å². The van der Waals surface area contributed by atoms with Crippen LogP contribution in [-0.4, -0.2) is 56.9 Å². The molecule has 0 fully saturated rings. The number of amides is 2. The Bertz CT molecular complexity index is 1150. The Hall–Kier alpha value is -4.26. The van der Waals surface area contributed by atoms with Crippen LogP contribution in [0.15, 0.2) is 47.8 Å². The van der Waals surface area contributed by atoms with Gasteiger partial charge in [-0.3, -0.25) is 34.8 Å². The Kier molecular flexibility index (Phi) is 11.9. The number of rotatable bonds is 15. The second kappa shape index (κ2) is 15.1. The lowest BCUT2D eigenvalue weighted by molar-refractivity contribution is -0.393. The number of non-ortho nitro benzene ring substituents is 1. The third kappa shape index (κ3) is 9.00. The van der Waals surface area contributed by atoms with E-state index in [9.17, 15) is 29.8 Å². The number of hydrazone groups is 1. The van der Waals surface area contributed by atoms with Crippen LogP contribution in [0.1, 0.15) is 56.8 Å². The molecular formula is C25H33N7O6. The monoisotopic (exact) mass is 527 g/mol. The third-order valence-electron chi connectivity index (χ3n) is 5.84. The average Bonchev–Trinajstić information content (AvgIpc) is 2.91. The average molecular weight is 528 g/mol. The molecule has 1 heterocycles. The summed E-state index contributed by atoms with van der Waals surface area (Å²) in [5.41, 5.74) is 1.85. The molecule has 1 aromatic carbocycles. The van der Waals surface area contributed by atoms with Crippen LogP contribution >= 0.6 is 0 Å². The molecule has 2 aromatic rings. The van der Waals surface area contributed by atoms with Gasteiger partial charge in [-0.1, -0.05) is 26.7 Å². The van der Waals surface area contributed by atoms with E-state index in [1.54, 1.807) is 6.92 Å². The number of nitro groups is 2. The molecule has 0 aliphatic rings. The summed E-state index contributed by atoms with van der Waals surface area (Å²) >= 11 is 0. The van der Waals surface area contributed by atoms with Crippen LogP contribution in [0.4, 0.5) is 17.1 Å². The lowest BCUT2D eigenvalue weighted by Gasteiger charge is -2.27. The van der Waals surface area contributed by atoms with E-state index in [1.807, 2.05) is 0 Å². The maximum Gasteiger partial charge on any atom is 0.299 e. The first-order valence-electron chi connectivity index (χ1n) is 12.4. The second-order valence-electron chi connectivity index (χ2n) is 8.70. The van der Waals surface area contributed by atoms with E-state index in [0.29, 0.717) is 11.3 Å². The molecule has 204 valence electrons. The number of anilines is 1. The maximum absolute atomic E-state index is 13.4. The maximum atomic E-state index is 13.4. The topological polar surface area (TPSA) is 173 Å². The van der Waals surface area contributed by atoms with Crippen molar-refractivity contribution in [3.63, 3.8) is 0 Å². The molecule has 1 aromatic heterocycles. The highest BCUT2D eigenvalue weighted by atomic mass is 16.6. The standard InChI is InChI=1S/C25H33N7O6/c1-4-6-14-30(15-7-5-2)17-21(18(3)28-29-24(33)19-10-12-26-13-11-19)25(34)27-22-9-8-20(31(35)36)16-23(22)32(37)38/h8-13,16,21H,4-7,14-15,17H2,1-3H3,(H,27,34)(H,29,33)/b28-18-. The number of unbranched alkanes of at least 4 members (excludes halogenated alkanes) is 2. The van der Waals surface area contributed by atoms with Crippen LogP contribution in [0.5, 0.6) is 0 Å². The van der Waals surface area contributed by atoms with Crippen molar-refractivity contribution in [1.29, 1.82) is 0 Å². The molecule has 2 N–H and O–H groups in total. The van der Waals surface area contributed by atoms with E-state index in [-0.39, 0.29) is 12.2 Å². The van der Waals surface area contributed by atoms with Crippen molar-refractivity contribution in [2.24, 2.45) is 11.0 Å². The highest BCUT2D eigenvalue weighted by Gasteiger charge is 2.28. The van der Waals surface area contributed by atoms with Crippen LogP contribution in [0.2, 0.25) is 0 Å². The molecule has 0 spiro atoms. The molecule has 0 saturated carbocycles. The van der Waals surface area contributed by atoms with Crippen molar-refractivity contribution >= 4 is 34.6 Å². The number of hydrogen-bond donors (Lipinski definition) is 2. The summed E-state index contributed by atoms with van der Waals surface area (Å²) < 4.78 is 0. The number of hydrogen-bond acceptors (Lipinski definition) is 9. The fraction of sp³-hybridized carbons (Fsp3) is 0.440. The molecule has 13 heteroatoms. The van der Waals surface area contributed by atoms with Crippen molar-refractivity contribution in [3.8, 4) is 0 Å². The summed E-state index contributed by atoms with van der Waals surface area (Å²) in [6.07, 6.45) is 6.70. The number of nitrogens with one attached hydrogen (secondary N) is 2. The first-order valence-corrected chi connectivity index (χ1v) is 12.4. The number of carbonyl (C=O) groups excluding carboxylic acids is 2. The first-order chi connectivity index (χ1) is 18.2. The Labute approximate surface area is 220 Å². The van der Waals surface area contributed by atoms with Gasteiger partial charge in [0.2, 0.25) is 5.91 Å². The van der Waals surface area contributed by atoms with Gasteiger partial charge in [0.25, 0.3) is 17.3 Å². The fourth-order valence-electron chi connectivity index (χ4n) is 3.62. The predicted octanol–water partition coefficient (Wildman–Crippen LogP) is 4.16. The van der Waals surface area contributed by atoms with Crippen molar-refractivity contribution in [2.75, 3.05) is 25.0 Å². The summed E-state index contributed by atoms with van der Waals surface area (Å²) in [6.45, 7) is 7.49. The minimum absolute atomic E-state index is 0.169. The van der Waals surface area contributed by atoms with Gasteiger partial charge in [0.15, 0.2) is 0 Å². The molecule has 0 bridgehead atoms. The SMILES string of the molecule is CCCCN(CCCC)CC(C(=O)Nc1ccc([N+](=O)[O-])cc1[N+](=O)[O-])/C(C)=N\NC(=O)c1ccncc1. The van der Waals surface area contributed by atoms with E-state index < -0.39 is 39.0 Å². The van der Waals surface area contributed by atoms with Gasteiger partial charge in [-0.2, -0.15) is 5.10 Å². The van der Waals surface area contributed by atoms with Crippen LogP contribution in [-0.2, 0) is 4.79 Å². The van der Waals surface area contributed by atoms with Gasteiger partial charge < -0.3 is 10.2 Å². The van der Waals surface area contributed by atoms with Gasteiger partial charge in [-0.15, -0.1) is 0 Å². The van der Waals surface area contributed by atoms with Gasteiger partial charge in [0.05, 0.1) is 21.8 Å². The van der Waals surface area contributed by atoms with Gasteiger partial charge >= 0.3 is 0 Å². The minimum Gasteiger partial charge on any atom is -0.320 e. The first kappa shape index (κ1) is 30.0. The normalized spacial score (nSPS) is 12.2. The smallest absolute Gasteiger partial charge is 0.299 e. The lowest BCUT2D eigenvalue weighted by Crippen LogP contribution is -2.41. The highest BCUT2D eigenvalue weighted by Crippen LogP contribution is 2.29. The Morgan fingerprint density at radius 1 is 1.03 bits per heavy atom. The highest BCUT2D eigenvalue weighted by molar-refractivity contribution is 6.09. The molecule has 0 radical (unpaired) electrons. The quantitative estimate of drug-likeness (QED) is 0.197. The molecule has 0 aliphatic carbocycles. The summed E-state index contributed by atoms with van der Waals surface area (Å²) in [4.78, 5) is 53.0. The molecule has 1 unspecified atom stereocenters. The van der Waals surface area contributed by atoms with Crippen molar-refractivity contribution < 1.29 is 19.4 Å². The van der Waals surface area contributed by atoms with E-state index in [0.717, 1.165) is 57.0 Å². The lowest BCUT2D eigenvalue weighted by atomic mass is 10.0. The van der Waals surface area contributed by atoms with Gasteiger partial charge in [-0.25, -0.2) is 5.43 Å². The fourth-order valence-corrected chi connectivity index (χ4v) is 3.62. The van der Waals surface area contributed by atoms with E-state index in [2.05, 4.69) is 39.6 Å². The van der Waals surface area contributed by atoms with Crippen LogP contribution in [0, 0.1) is 26.1 Å². The molecule has 2 rings (SSSR count). The molecule has 13 nitrogen and oxygen atoms in total. The number of pyridine rings is 1.